The number of hydrogen-bond donors (Lipinski definition) is 6. The van der Waals surface area contributed by atoms with Gasteiger partial charge in [0.05, 0.1) is 25.4 Å². The van der Waals surface area contributed by atoms with Gasteiger partial charge in [0.2, 0.25) is 5.91 Å². The highest BCUT2D eigenvalue weighted by Gasteiger charge is 2.44. The molecule has 7 unspecified atom stereocenters. The van der Waals surface area contributed by atoms with Gasteiger partial charge in [-0.15, -0.1) is 0 Å². The summed E-state index contributed by atoms with van der Waals surface area (Å²) in [6.07, 6.45) is 37.9. The van der Waals surface area contributed by atoms with Crippen LogP contribution >= 0.6 is 0 Å². The quantitative estimate of drug-likeness (QED) is 0.0266. The van der Waals surface area contributed by atoms with Crippen LogP contribution in [0.5, 0.6) is 0 Å². The minimum absolute atomic E-state index is 0.178. The third kappa shape index (κ3) is 28.2. The number of unbranched alkanes of at least 4 members (excludes halogenated alkanes) is 27. The van der Waals surface area contributed by atoms with E-state index in [0.717, 1.165) is 38.5 Å². The predicted molar refractivity (Wildman–Crippen MR) is 230 cm³/mol. The average Bonchev–Trinajstić information content (AvgIpc) is 3.20. The second kappa shape index (κ2) is 37.9. The first kappa shape index (κ1) is 52.7. The molecule has 0 spiro atoms. The van der Waals surface area contributed by atoms with Crippen molar-refractivity contribution in [3.05, 3.63) is 24.3 Å². The van der Waals surface area contributed by atoms with Crippen LogP contribution in [-0.2, 0) is 14.3 Å². The Balaban J connectivity index is 2.31. The summed E-state index contributed by atoms with van der Waals surface area (Å²) in [5.74, 6) is -0.178. The Morgan fingerprint density at radius 3 is 1.45 bits per heavy atom. The van der Waals surface area contributed by atoms with Gasteiger partial charge < -0.3 is 40.3 Å². The lowest BCUT2D eigenvalue weighted by Crippen LogP contribution is -2.60. The van der Waals surface area contributed by atoms with E-state index in [4.69, 9.17) is 9.47 Å². The molecular weight excluding hydrogens is 707 g/mol. The van der Waals surface area contributed by atoms with Crippen LogP contribution in [-0.4, -0.2) is 87.5 Å². The van der Waals surface area contributed by atoms with Crippen LogP contribution in [0.2, 0.25) is 0 Å². The molecule has 9 heteroatoms. The molecule has 1 aliphatic rings. The van der Waals surface area contributed by atoms with Gasteiger partial charge >= 0.3 is 0 Å². The summed E-state index contributed by atoms with van der Waals surface area (Å²) in [4.78, 5) is 13.0. The molecule has 56 heavy (non-hydrogen) atoms. The fraction of sp³-hybridized carbons (Fsp3) is 0.894. The van der Waals surface area contributed by atoms with E-state index in [-0.39, 0.29) is 12.5 Å². The van der Waals surface area contributed by atoms with E-state index >= 15 is 0 Å². The molecule has 0 bridgehead atoms. The zero-order chi connectivity index (χ0) is 40.9. The Hall–Kier alpha value is -1.33. The van der Waals surface area contributed by atoms with Crippen LogP contribution in [0.3, 0.4) is 0 Å². The summed E-state index contributed by atoms with van der Waals surface area (Å²) in [5, 5.41) is 54.2. The van der Waals surface area contributed by atoms with Gasteiger partial charge in [0.25, 0.3) is 0 Å². The predicted octanol–water partition coefficient (Wildman–Crippen LogP) is 9.89. The number of hydrogen-bond acceptors (Lipinski definition) is 8. The van der Waals surface area contributed by atoms with Crippen LogP contribution in [0.25, 0.3) is 0 Å². The van der Waals surface area contributed by atoms with Crippen molar-refractivity contribution < 1.29 is 39.8 Å². The van der Waals surface area contributed by atoms with Gasteiger partial charge in [0.1, 0.15) is 24.4 Å². The SMILES string of the molecule is CCCCCCCCC=CCCCCCCCCCCCCC(=O)NC(COC1OC(CO)C(O)C(O)C1O)C(O)C=CCCCCCCCCCCCCC. The van der Waals surface area contributed by atoms with Gasteiger partial charge in [0.15, 0.2) is 6.29 Å². The highest BCUT2D eigenvalue weighted by molar-refractivity contribution is 5.76. The second-order valence-electron chi connectivity index (χ2n) is 16.5. The van der Waals surface area contributed by atoms with Gasteiger partial charge in [-0.3, -0.25) is 4.79 Å². The van der Waals surface area contributed by atoms with Crippen LogP contribution < -0.4 is 5.32 Å². The van der Waals surface area contributed by atoms with Gasteiger partial charge in [-0.2, -0.15) is 0 Å². The summed E-state index contributed by atoms with van der Waals surface area (Å²) in [6, 6.07) is -0.801. The molecule has 1 aliphatic heterocycles. The molecule has 0 aromatic carbocycles. The molecule has 7 atom stereocenters. The molecule has 0 aliphatic carbocycles. The number of nitrogens with one attached hydrogen (secondary N) is 1. The molecule has 1 heterocycles. The normalized spacial score (nSPS) is 21.3. The number of carbonyl (C=O) groups is 1. The van der Waals surface area contributed by atoms with Gasteiger partial charge in [-0.25, -0.2) is 0 Å². The number of carbonyl (C=O) groups excluding carboxylic acids is 1. The standard InChI is InChI=1S/C47H89NO8/c1-3-5-7-9-11-13-15-17-18-19-20-21-22-23-25-27-29-31-33-35-37-43(51)48-40(39-55-47-46(54)45(53)44(52)42(38-49)56-47)41(50)36-34-32-30-28-26-24-16-14-12-10-8-6-4-2/h17-18,34,36,40-42,44-47,49-50,52-54H,3-16,19-33,35,37-39H2,1-2H3,(H,48,51). The minimum Gasteiger partial charge on any atom is -0.394 e. The summed E-state index contributed by atoms with van der Waals surface area (Å²) in [5.41, 5.74) is 0. The largest absolute Gasteiger partial charge is 0.394 e. The minimum atomic E-state index is -1.56. The fourth-order valence-electron chi connectivity index (χ4n) is 7.44. The highest BCUT2D eigenvalue weighted by Crippen LogP contribution is 2.23. The van der Waals surface area contributed by atoms with Crippen LogP contribution in [0, 0.1) is 0 Å². The number of ether oxygens (including phenoxy) is 2. The molecular formula is C47H89NO8. The van der Waals surface area contributed by atoms with E-state index < -0.39 is 49.5 Å². The number of rotatable bonds is 39. The molecule has 0 aromatic heterocycles. The lowest BCUT2D eigenvalue weighted by atomic mass is 9.99. The first-order valence-electron chi connectivity index (χ1n) is 23.6. The Bertz CT molecular complexity index is 930. The monoisotopic (exact) mass is 796 g/mol. The third-order valence-corrected chi connectivity index (χ3v) is 11.3. The fourth-order valence-corrected chi connectivity index (χ4v) is 7.44. The summed E-state index contributed by atoms with van der Waals surface area (Å²) >= 11 is 0. The third-order valence-electron chi connectivity index (χ3n) is 11.3. The Labute approximate surface area is 343 Å². The molecule has 0 saturated carbocycles. The van der Waals surface area contributed by atoms with Gasteiger partial charge in [-0.1, -0.05) is 186 Å². The van der Waals surface area contributed by atoms with Crippen molar-refractivity contribution in [1.29, 1.82) is 0 Å². The average molecular weight is 796 g/mol. The topological polar surface area (TPSA) is 149 Å². The van der Waals surface area contributed by atoms with Crippen molar-refractivity contribution >= 4 is 5.91 Å². The molecule has 1 amide bonds. The van der Waals surface area contributed by atoms with E-state index in [1.165, 1.54) is 154 Å². The van der Waals surface area contributed by atoms with Crippen molar-refractivity contribution in [2.24, 2.45) is 0 Å². The van der Waals surface area contributed by atoms with Crippen LogP contribution in [0.15, 0.2) is 24.3 Å². The van der Waals surface area contributed by atoms with E-state index in [2.05, 4.69) is 31.3 Å². The Kier molecular flexibility index (Phi) is 35.7. The van der Waals surface area contributed by atoms with E-state index in [0.29, 0.717) is 6.42 Å². The maximum Gasteiger partial charge on any atom is 0.220 e. The zero-order valence-electron chi connectivity index (χ0n) is 36.1. The molecule has 0 aromatic rings. The van der Waals surface area contributed by atoms with Gasteiger partial charge in [0, 0.05) is 6.42 Å². The van der Waals surface area contributed by atoms with Crippen LogP contribution in [0.1, 0.15) is 213 Å². The van der Waals surface area contributed by atoms with E-state index in [1.54, 1.807) is 6.08 Å². The maximum absolute atomic E-state index is 13.0. The van der Waals surface area contributed by atoms with E-state index in [9.17, 15) is 30.3 Å². The lowest BCUT2D eigenvalue weighted by Gasteiger charge is -2.40. The van der Waals surface area contributed by atoms with Crippen molar-refractivity contribution in [3.8, 4) is 0 Å². The number of aliphatic hydroxyl groups is 5. The van der Waals surface area contributed by atoms with Crippen molar-refractivity contribution in [1.82, 2.24) is 5.32 Å². The number of aliphatic hydroxyl groups excluding tert-OH is 5. The molecule has 6 N–H and O–H groups in total. The van der Waals surface area contributed by atoms with Crippen molar-refractivity contribution in [2.75, 3.05) is 13.2 Å². The molecule has 1 fully saturated rings. The smallest absolute Gasteiger partial charge is 0.220 e. The van der Waals surface area contributed by atoms with E-state index in [1.807, 2.05) is 6.08 Å². The Morgan fingerprint density at radius 1 is 0.589 bits per heavy atom. The maximum atomic E-state index is 13.0. The highest BCUT2D eigenvalue weighted by atomic mass is 16.7. The first-order chi connectivity index (χ1) is 27.3. The van der Waals surface area contributed by atoms with Crippen molar-refractivity contribution in [3.63, 3.8) is 0 Å². The van der Waals surface area contributed by atoms with Crippen LogP contribution in [0.4, 0.5) is 0 Å². The lowest BCUT2D eigenvalue weighted by molar-refractivity contribution is -0.302. The Morgan fingerprint density at radius 2 is 1.00 bits per heavy atom. The molecule has 0 radical (unpaired) electrons. The molecule has 330 valence electrons. The van der Waals surface area contributed by atoms with Crippen molar-refractivity contribution in [2.45, 2.75) is 256 Å². The van der Waals surface area contributed by atoms with Gasteiger partial charge in [-0.05, 0) is 44.9 Å². The molecule has 1 rings (SSSR count). The number of allylic oxidation sites excluding steroid dienone is 3. The zero-order valence-corrected chi connectivity index (χ0v) is 36.1. The number of amides is 1. The summed E-state index contributed by atoms with van der Waals surface area (Å²) in [6.45, 7) is 3.77. The summed E-state index contributed by atoms with van der Waals surface area (Å²) < 4.78 is 11.2. The first-order valence-corrected chi connectivity index (χ1v) is 23.6. The second-order valence-corrected chi connectivity index (χ2v) is 16.5. The molecule has 9 nitrogen and oxygen atoms in total. The summed E-state index contributed by atoms with van der Waals surface area (Å²) in [7, 11) is 0. The molecule has 1 saturated heterocycles.